The molecule has 1 aliphatic rings. The lowest BCUT2D eigenvalue weighted by molar-refractivity contribution is -0.141. The molecule has 35 heavy (non-hydrogen) atoms. The number of rotatable bonds is 7. The minimum Gasteiger partial charge on any atom is -0.383 e. The largest absolute Gasteiger partial charge is 0.435 e. The molecule has 1 amide bonds. The Morgan fingerprint density at radius 2 is 1.94 bits per heavy atom. The topological polar surface area (TPSA) is 116 Å². The maximum Gasteiger partial charge on any atom is 0.435 e. The fourth-order valence-corrected chi connectivity index (χ4v) is 4.73. The number of nitrogens with one attached hydrogen (secondary N) is 1. The van der Waals surface area contributed by atoms with E-state index in [1.54, 1.807) is 18.5 Å². The number of aromatic nitrogens is 4. The van der Waals surface area contributed by atoms with Crippen LogP contribution in [0.4, 0.5) is 18.9 Å². The number of anilines is 1. The monoisotopic (exact) mass is 504 g/mol. The molecule has 3 N–H and O–H groups in total. The van der Waals surface area contributed by atoms with Gasteiger partial charge in [0.25, 0.3) is 5.91 Å². The molecule has 0 radical (unpaired) electrons. The van der Waals surface area contributed by atoms with Crippen LogP contribution in [-0.2, 0) is 12.6 Å². The zero-order valence-electron chi connectivity index (χ0n) is 19.0. The van der Waals surface area contributed by atoms with Gasteiger partial charge in [-0.25, -0.2) is 14.6 Å². The van der Waals surface area contributed by atoms with Crippen LogP contribution in [-0.4, -0.2) is 43.7 Å². The summed E-state index contributed by atoms with van der Waals surface area (Å²) in [5.74, 6) is -0.709. The molecule has 0 bridgehead atoms. The van der Waals surface area contributed by atoms with Crippen LogP contribution >= 0.6 is 11.8 Å². The number of hydrogen-bond acceptors (Lipinski definition) is 7. The van der Waals surface area contributed by atoms with Crippen molar-refractivity contribution in [2.24, 2.45) is 11.1 Å². The van der Waals surface area contributed by atoms with Gasteiger partial charge in [0.1, 0.15) is 0 Å². The quantitative estimate of drug-likeness (QED) is 0.282. The summed E-state index contributed by atoms with van der Waals surface area (Å²) in [7, 11) is 0. The predicted molar refractivity (Wildman–Crippen MR) is 125 cm³/mol. The third kappa shape index (κ3) is 5.31. The van der Waals surface area contributed by atoms with E-state index in [-0.39, 0.29) is 35.3 Å². The third-order valence-electron chi connectivity index (χ3n) is 5.52. The molecule has 3 aromatic rings. The maximum absolute atomic E-state index is 13.8. The van der Waals surface area contributed by atoms with Gasteiger partial charge in [0, 0.05) is 36.8 Å². The molecule has 2 heterocycles. The maximum atomic E-state index is 13.8. The molecule has 1 aromatic carbocycles. The minimum absolute atomic E-state index is 0.00495. The number of nitrogens with two attached hydrogens (primary N) is 1. The van der Waals surface area contributed by atoms with Crippen LogP contribution in [0, 0.1) is 5.41 Å². The van der Waals surface area contributed by atoms with Gasteiger partial charge in [-0.1, -0.05) is 25.6 Å². The van der Waals surface area contributed by atoms with Crippen LogP contribution in [0.15, 0.2) is 41.8 Å². The average Bonchev–Trinajstić information content (AvgIpc) is 3.16. The van der Waals surface area contributed by atoms with Crippen molar-refractivity contribution in [1.82, 2.24) is 19.7 Å². The normalized spacial score (nSPS) is 15.1. The summed E-state index contributed by atoms with van der Waals surface area (Å²) in [4.78, 5) is 32.9. The van der Waals surface area contributed by atoms with Crippen molar-refractivity contribution in [2.45, 2.75) is 38.0 Å². The Hall–Kier alpha value is -3.41. The molecule has 184 valence electrons. The number of nitrogens with zero attached hydrogens (tertiary/aromatic N) is 4. The lowest BCUT2D eigenvalue weighted by Crippen LogP contribution is -2.29. The number of carbonyl (C=O) groups excluding carboxylic acids is 2. The Kier molecular flexibility index (Phi) is 6.58. The number of carbonyl (C=O) groups is 2. The van der Waals surface area contributed by atoms with E-state index in [0.29, 0.717) is 23.1 Å². The number of Topliss-reactive ketones (excluding diaryl/α,β-unsaturated/α-hetero) is 1. The Bertz CT molecular complexity index is 1270. The zero-order chi connectivity index (χ0) is 25.4. The SMILES string of the molecule is CC1(C)CC(=O)c2c(C(F)(F)F)nn(-c3ccc(C(N)=O)c(NCCSc4ncccn4)c3)c2C1. The average molecular weight is 505 g/mol. The summed E-state index contributed by atoms with van der Waals surface area (Å²) in [6.07, 6.45) is -1.28. The molecule has 0 unspecified atom stereocenters. The molecule has 2 aromatic heterocycles. The third-order valence-corrected chi connectivity index (χ3v) is 6.39. The van der Waals surface area contributed by atoms with Crippen molar-refractivity contribution in [1.29, 1.82) is 0 Å². The highest BCUT2D eigenvalue weighted by Crippen LogP contribution is 2.42. The summed E-state index contributed by atoms with van der Waals surface area (Å²) >= 11 is 1.40. The van der Waals surface area contributed by atoms with Gasteiger partial charge in [-0.3, -0.25) is 9.59 Å². The summed E-state index contributed by atoms with van der Waals surface area (Å²) < 4.78 is 42.4. The number of amides is 1. The lowest BCUT2D eigenvalue weighted by Gasteiger charge is -2.29. The molecule has 0 spiro atoms. The summed E-state index contributed by atoms with van der Waals surface area (Å²) in [5, 5.41) is 7.51. The number of hydrogen-bond donors (Lipinski definition) is 2. The van der Waals surface area contributed by atoms with Gasteiger partial charge in [0.05, 0.1) is 22.5 Å². The van der Waals surface area contributed by atoms with Crippen LogP contribution in [0.1, 0.15) is 52.4 Å². The fourth-order valence-electron chi connectivity index (χ4n) is 4.07. The van der Waals surface area contributed by atoms with E-state index in [2.05, 4.69) is 20.4 Å². The summed E-state index contributed by atoms with van der Waals surface area (Å²) in [5.41, 5.74) is 4.43. The number of thioether (sulfide) groups is 1. The highest BCUT2D eigenvalue weighted by atomic mass is 32.2. The van der Waals surface area contributed by atoms with Gasteiger partial charge < -0.3 is 11.1 Å². The molecular formula is C23H23F3N6O2S. The molecular weight excluding hydrogens is 481 g/mol. The Morgan fingerprint density at radius 3 is 2.60 bits per heavy atom. The first-order valence-corrected chi connectivity index (χ1v) is 11.7. The second-order valence-electron chi connectivity index (χ2n) is 8.92. The van der Waals surface area contributed by atoms with E-state index in [1.165, 1.54) is 30.0 Å². The van der Waals surface area contributed by atoms with Crippen molar-refractivity contribution in [3.8, 4) is 5.69 Å². The van der Waals surface area contributed by atoms with Crippen LogP contribution in [0.25, 0.3) is 5.69 Å². The molecule has 12 heteroatoms. The van der Waals surface area contributed by atoms with Crippen molar-refractivity contribution in [2.75, 3.05) is 17.6 Å². The van der Waals surface area contributed by atoms with Crippen molar-refractivity contribution in [3.63, 3.8) is 0 Å². The first-order chi connectivity index (χ1) is 16.5. The molecule has 1 aliphatic carbocycles. The van der Waals surface area contributed by atoms with Crippen molar-refractivity contribution >= 4 is 29.1 Å². The Morgan fingerprint density at radius 1 is 1.23 bits per heavy atom. The van der Waals surface area contributed by atoms with Gasteiger partial charge in [0.15, 0.2) is 16.6 Å². The predicted octanol–water partition coefficient (Wildman–Crippen LogP) is 4.14. The van der Waals surface area contributed by atoms with Crippen LogP contribution in [0.5, 0.6) is 0 Å². The number of fused-ring (bicyclic) bond motifs is 1. The van der Waals surface area contributed by atoms with Gasteiger partial charge >= 0.3 is 6.18 Å². The van der Waals surface area contributed by atoms with E-state index in [4.69, 9.17) is 5.73 Å². The van der Waals surface area contributed by atoms with E-state index in [9.17, 15) is 22.8 Å². The molecule has 0 saturated carbocycles. The van der Waals surface area contributed by atoms with Crippen molar-refractivity contribution < 1.29 is 22.8 Å². The zero-order valence-corrected chi connectivity index (χ0v) is 19.8. The first-order valence-electron chi connectivity index (χ1n) is 10.8. The number of halogens is 3. The number of benzene rings is 1. The van der Waals surface area contributed by atoms with Crippen LogP contribution in [0.3, 0.4) is 0 Å². The van der Waals surface area contributed by atoms with E-state index >= 15 is 0 Å². The van der Waals surface area contributed by atoms with E-state index in [1.807, 2.05) is 13.8 Å². The standard InChI is InChI=1S/C23H23F3N6O2S/c1-22(2)11-16-18(17(33)12-22)19(23(24,25)26)31-32(16)13-4-5-14(20(27)34)15(10-13)28-8-9-35-21-29-6-3-7-30-21/h3-7,10,28H,8-9,11-12H2,1-2H3,(H2,27,34). The van der Waals surface area contributed by atoms with Crippen molar-refractivity contribution in [3.05, 3.63) is 59.2 Å². The Labute approximate surface area is 203 Å². The molecule has 4 rings (SSSR count). The second kappa shape index (κ2) is 9.33. The molecule has 0 fully saturated rings. The van der Waals surface area contributed by atoms with Crippen LogP contribution in [0.2, 0.25) is 0 Å². The smallest absolute Gasteiger partial charge is 0.383 e. The van der Waals surface area contributed by atoms with E-state index < -0.39 is 29.0 Å². The number of ketones is 1. The van der Waals surface area contributed by atoms with Gasteiger partial charge in [-0.15, -0.1) is 0 Å². The molecule has 0 saturated heterocycles. The number of alkyl halides is 3. The first kappa shape index (κ1) is 24.7. The minimum atomic E-state index is -4.78. The van der Waals surface area contributed by atoms with Gasteiger partial charge in [0.2, 0.25) is 0 Å². The van der Waals surface area contributed by atoms with Crippen LogP contribution < -0.4 is 11.1 Å². The highest BCUT2D eigenvalue weighted by molar-refractivity contribution is 7.99. The number of primary amides is 1. The second-order valence-corrected chi connectivity index (χ2v) is 9.98. The van der Waals surface area contributed by atoms with Gasteiger partial charge in [-0.05, 0) is 36.1 Å². The molecule has 0 atom stereocenters. The lowest BCUT2D eigenvalue weighted by atomic mass is 9.75. The molecule has 8 nitrogen and oxygen atoms in total. The summed E-state index contributed by atoms with van der Waals surface area (Å²) in [6.45, 7) is 4.06. The fraction of sp³-hybridized carbons (Fsp3) is 0.348. The molecule has 0 aliphatic heterocycles. The highest BCUT2D eigenvalue weighted by Gasteiger charge is 2.45. The van der Waals surface area contributed by atoms with Gasteiger partial charge in [-0.2, -0.15) is 18.3 Å². The summed E-state index contributed by atoms with van der Waals surface area (Å²) in [6, 6.07) is 6.13. The Balaban J connectivity index is 1.68. The van der Waals surface area contributed by atoms with E-state index in [0.717, 1.165) is 4.68 Å².